The Bertz CT molecular complexity index is 928. The minimum atomic E-state index is 0.923. The third kappa shape index (κ3) is 0.758. The van der Waals surface area contributed by atoms with Crippen LogP contribution >= 0.6 is 0 Å². The lowest BCUT2D eigenvalue weighted by Gasteiger charge is -3.09. The van der Waals surface area contributed by atoms with E-state index in [4.69, 9.17) is 0 Å². The number of rotatable bonds is 0. The summed E-state index contributed by atoms with van der Waals surface area (Å²) in [7, 11) is 0. The second-order valence-electron chi connectivity index (χ2n) is 16.0. The molecule has 15 aliphatic carbocycles. The molecule has 0 amide bonds. The maximum absolute atomic E-state index is 1.80. The molecule has 0 saturated heterocycles. The zero-order chi connectivity index (χ0) is 18.0. The van der Waals surface area contributed by atoms with Crippen molar-refractivity contribution in [1.29, 1.82) is 0 Å². The fourth-order valence-electron chi connectivity index (χ4n) is 18.1. The van der Waals surface area contributed by atoms with Crippen molar-refractivity contribution in [2.75, 3.05) is 0 Å². The molecule has 0 aromatic carbocycles. The van der Waals surface area contributed by atoms with Gasteiger partial charge in [0.05, 0.1) is 0 Å². The summed E-state index contributed by atoms with van der Waals surface area (Å²) in [5.74, 6) is 9.78. The summed E-state index contributed by atoms with van der Waals surface area (Å²) in [5.41, 5.74) is 6.57. The Morgan fingerprint density at radius 2 is 1.00 bits per heavy atom. The Morgan fingerprint density at radius 3 is 1.41 bits per heavy atom. The largest absolute Gasteiger partial charge is 0.0493 e. The average molecular weight is 385 g/mol. The first-order valence-corrected chi connectivity index (χ1v) is 14.1. The predicted octanol–water partition coefficient (Wildman–Crippen LogP) is 6.45. The van der Waals surface area contributed by atoms with Crippen LogP contribution in [-0.2, 0) is 0 Å². The van der Waals surface area contributed by atoms with Gasteiger partial charge in [-0.25, -0.2) is 0 Å². The lowest BCUT2D eigenvalue weighted by Crippen LogP contribution is -3.03. The van der Waals surface area contributed by atoms with E-state index in [0.717, 1.165) is 37.9 Å². The molecule has 15 aliphatic rings. The van der Waals surface area contributed by atoms with Crippen LogP contribution in [0.2, 0.25) is 0 Å². The van der Waals surface area contributed by atoms with Crippen molar-refractivity contribution in [3.8, 4) is 0 Å². The van der Waals surface area contributed by atoms with E-state index in [1.165, 1.54) is 47.3 Å². The lowest BCUT2D eigenvalue weighted by atomic mass is 8.95. The maximum atomic E-state index is 1.80. The van der Waals surface area contributed by atoms with Gasteiger partial charge in [0.15, 0.2) is 0 Å². The van der Waals surface area contributed by atoms with Gasteiger partial charge in [-0.1, -0.05) is 0 Å². The summed E-state index contributed by atoms with van der Waals surface area (Å²) >= 11 is 0. The van der Waals surface area contributed by atoms with Gasteiger partial charge in [-0.15, -0.1) is 0 Å². The quantitative estimate of drug-likeness (QED) is 0.450. The topological polar surface area (TPSA) is 0 Å². The van der Waals surface area contributed by atoms with Gasteiger partial charge in [0.2, 0.25) is 0 Å². The Kier molecular flexibility index (Phi) is 1.56. The maximum Gasteiger partial charge on any atom is -0.0116 e. The van der Waals surface area contributed by atoms with Gasteiger partial charge < -0.3 is 0 Å². The first-order chi connectivity index (χ1) is 14.1. The highest BCUT2D eigenvalue weighted by atomic mass is 15.1. The number of hydrogen-bond acceptors (Lipinski definition) is 0. The van der Waals surface area contributed by atoms with E-state index in [-0.39, 0.29) is 0 Å². The Labute approximate surface area is 175 Å². The van der Waals surface area contributed by atoms with E-state index < -0.39 is 0 Å². The minimum Gasteiger partial charge on any atom is -0.0493 e. The summed E-state index contributed by atoms with van der Waals surface area (Å²) in [5, 5.41) is 0. The van der Waals surface area contributed by atoms with Crippen LogP contribution in [0, 0.1) is 85.2 Å². The summed E-state index contributed by atoms with van der Waals surface area (Å²) in [6.45, 7) is 0. The van der Waals surface area contributed by atoms with Crippen molar-refractivity contribution in [3.05, 3.63) is 0 Å². The van der Waals surface area contributed by atoms with Crippen LogP contribution in [0.3, 0.4) is 0 Å². The van der Waals surface area contributed by atoms with Gasteiger partial charge >= 0.3 is 0 Å². The van der Waals surface area contributed by atoms with Gasteiger partial charge in [0.1, 0.15) is 0 Å². The molecule has 8 bridgehead atoms. The summed E-state index contributed by atoms with van der Waals surface area (Å²) < 4.78 is 0. The van der Waals surface area contributed by atoms with Crippen molar-refractivity contribution in [2.24, 2.45) is 85.2 Å². The van der Waals surface area contributed by atoms with E-state index in [9.17, 15) is 0 Å². The second kappa shape index (κ2) is 3.19. The molecule has 0 aromatic rings. The monoisotopic (exact) mass is 384 g/mol. The fraction of sp³-hybridized carbons (Fsp3) is 1.00. The van der Waals surface area contributed by atoms with Gasteiger partial charge in [0.25, 0.3) is 0 Å². The van der Waals surface area contributed by atoms with Crippen molar-refractivity contribution in [2.45, 2.75) is 89.9 Å². The van der Waals surface area contributed by atoms with Gasteiger partial charge in [-0.3, -0.25) is 0 Å². The molecule has 12 unspecified atom stereocenters. The number of hydrogen-bond donors (Lipinski definition) is 0. The molecule has 15 rings (SSSR count). The Hall–Kier alpha value is 0. The van der Waals surface area contributed by atoms with E-state index in [0.29, 0.717) is 0 Å². The fourth-order valence-corrected chi connectivity index (χ4v) is 18.1. The van der Waals surface area contributed by atoms with Crippen molar-refractivity contribution < 1.29 is 0 Å². The molecule has 0 N–H and O–H groups in total. The van der Waals surface area contributed by atoms with Crippen molar-refractivity contribution in [3.63, 3.8) is 0 Å². The molecule has 0 nitrogen and oxygen atoms in total. The smallest absolute Gasteiger partial charge is 0.0116 e. The van der Waals surface area contributed by atoms with Gasteiger partial charge in [0, 0.05) is 0 Å². The molecule has 15 saturated carbocycles. The third-order valence-electron chi connectivity index (χ3n) is 18.1. The first-order valence-electron chi connectivity index (χ1n) is 14.1. The average Bonchev–Trinajstić information content (AvgIpc) is 2.52. The van der Waals surface area contributed by atoms with E-state index in [1.807, 2.05) is 0 Å². The summed E-state index contributed by atoms with van der Waals surface area (Å²) in [6, 6.07) is 0. The van der Waals surface area contributed by atoms with Crippen LogP contribution in [0.25, 0.3) is 0 Å². The van der Waals surface area contributed by atoms with Crippen LogP contribution in [0.4, 0.5) is 0 Å². The van der Waals surface area contributed by atoms with Crippen LogP contribution in [0.5, 0.6) is 0 Å². The molecule has 0 heteroatoms. The summed E-state index contributed by atoms with van der Waals surface area (Å²) in [6.07, 6.45) is 24.1. The molecule has 6 spiro atoms. The van der Waals surface area contributed by atoms with E-state index in [2.05, 4.69) is 0 Å². The standard InChI is InChI=1S/C29H36/c1-3-27-17(1)8-23(27)12-21(27)15-5-16(6-15)22-13-24(9-18-2-4-28(18,22)24)26-11-20-7-19-10-25(23,14-26)29(19,20)26/h15-22H,1-14H2. The molecule has 29 heavy (non-hydrogen) atoms. The second-order valence-corrected chi connectivity index (χ2v) is 16.0. The Morgan fingerprint density at radius 1 is 0.483 bits per heavy atom. The highest BCUT2D eigenvalue weighted by Gasteiger charge is 3.06. The van der Waals surface area contributed by atoms with Crippen LogP contribution in [0.1, 0.15) is 89.9 Å². The van der Waals surface area contributed by atoms with Crippen LogP contribution in [-0.4, -0.2) is 0 Å². The van der Waals surface area contributed by atoms with Crippen molar-refractivity contribution in [1.82, 2.24) is 0 Å². The predicted molar refractivity (Wildman–Crippen MR) is 110 cm³/mol. The van der Waals surface area contributed by atoms with Crippen LogP contribution in [0.15, 0.2) is 0 Å². The first kappa shape index (κ1) is 14.2. The highest BCUT2D eigenvalue weighted by Crippen LogP contribution is 3.12. The molecule has 12 atom stereocenters. The normalized spacial score (nSPS) is 87.7. The molecular formula is C29H36. The molecule has 152 valence electrons. The van der Waals surface area contributed by atoms with E-state index in [1.54, 1.807) is 89.9 Å². The van der Waals surface area contributed by atoms with Gasteiger partial charge in [-0.05, 0) is 175 Å². The molecule has 0 aromatic heterocycles. The third-order valence-corrected chi connectivity index (χ3v) is 18.1. The minimum absolute atomic E-state index is 0.923. The molecule has 15 fully saturated rings. The molecule has 0 aliphatic heterocycles. The lowest BCUT2D eigenvalue weighted by molar-refractivity contribution is -0.611. The summed E-state index contributed by atoms with van der Waals surface area (Å²) in [4.78, 5) is 0. The van der Waals surface area contributed by atoms with Crippen LogP contribution < -0.4 is 0 Å². The SMILES string of the molecule is C1C2CC1C1CC3(CC4CCC413)C13CC4CC5CC(C1)(C16CC7CCC71C2C6)C543. The Balaban J connectivity index is 1.12. The zero-order valence-electron chi connectivity index (χ0n) is 18.0. The van der Waals surface area contributed by atoms with Crippen molar-refractivity contribution >= 4 is 0 Å². The van der Waals surface area contributed by atoms with E-state index >= 15 is 0 Å². The molecular weight excluding hydrogens is 348 g/mol. The zero-order valence-corrected chi connectivity index (χ0v) is 18.0. The molecule has 0 radical (unpaired) electrons. The molecule has 0 heterocycles. The van der Waals surface area contributed by atoms with Gasteiger partial charge in [-0.2, -0.15) is 0 Å². The highest BCUT2D eigenvalue weighted by molar-refractivity contribution is 5.53.